The largest absolute Gasteiger partial charge is 0.347 e. The van der Waals surface area contributed by atoms with E-state index in [4.69, 9.17) is 0 Å². The fraction of sp³-hybridized carbons (Fsp3) is 0.174. The minimum absolute atomic E-state index is 0.161. The van der Waals surface area contributed by atoms with Crippen LogP contribution in [0, 0.1) is 19.7 Å². The third kappa shape index (κ3) is 3.71. The minimum atomic E-state index is -0.311. The predicted octanol–water partition coefficient (Wildman–Crippen LogP) is 5.44. The summed E-state index contributed by atoms with van der Waals surface area (Å²) in [6.45, 7) is 4.91. The monoisotopic (exact) mass is 392 g/mol. The zero-order valence-electron chi connectivity index (χ0n) is 15.8. The number of carbonyl (C=O) groups excluding carboxylic acids is 1. The van der Waals surface area contributed by atoms with E-state index >= 15 is 0 Å². The molecule has 1 amide bonds. The second-order valence-electron chi connectivity index (χ2n) is 6.99. The van der Waals surface area contributed by atoms with E-state index in [0.717, 1.165) is 15.8 Å². The first-order chi connectivity index (χ1) is 13.5. The fourth-order valence-electron chi connectivity index (χ4n) is 3.42. The maximum absolute atomic E-state index is 13.9. The van der Waals surface area contributed by atoms with Gasteiger partial charge in [0.1, 0.15) is 11.5 Å². The highest BCUT2D eigenvalue weighted by Gasteiger charge is 2.18. The van der Waals surface area contributed by atoms with Crippen LogP contribution in [0.5, 0.6) is 0 Å². The molecule has 0 fully saturated rings. The lowest BCUT2D eigenvalue weighted by atomic mass is 10.1. The van der Waals surface area contributed by atoms with E-state index in [-0.39, 0.29) is 18.3 Å². The van der Waals surface area contributed by atoms with Crippen molar-refractivity contribution < 1.29 is 9.18 Å². The average molecular weight is 392 g/mol. The Morgan fingerprint density at radius 1 is 1.07 bits per heavy atom. The van der Waals surface area contributed by atoms with Crippen LogP contribution < -0.4 is 5.32 Å². The predicted molar refractivity (Wildman–Crippen MR) is 112 cm³/mol. The third-order valence-corrected chi connectivity index (χ3v) is 5.75. The van der Waals surface area contributed by atoms with Gasteiger partial charge in [0, 0.05) is 23.5 Å². The summed E-state index contributed by atoms with van der Waals surface area (Å²) in [6.07, 6.45) is 0. The number of nitrogens with zero attached hydrogens (tertiary/aromatic N) is 1. The van der Waals surface area contributed by atoms with Gasteiger partial charge in [-0.15, -0.1) is 11.3 Å². The van der Waals surface area contributed by atoms with E-state index in [1.54, 1.807) is 29.5 Å². The Bertz CT molecular complexity index is 1160. The number of nitrogens with one attached hydrogen (secondary N) is 1. The number of aryl methyl sites for hydroxylation is 2. The number of rotatable bonds is 5. The van der Waals surface area contributed by atoms with E-state index in [2.05, 4.69) is 43.4 Å². The molecular weight excluding hydrogens is 371 g/mol. The molecule has 0 aliphatic rings. The van der Waals surface area contributed by atoms with E-state index in [0.29, 0.717) is 17.8 Å². The first kappa shape index (κ1) is 18.4. The summed E-state index contributed by atoms with van der Waals surface area (Å²) in [7, 11) is 0. The van der Waals surface area contributed by atoms with E-state index in [1.165, 1.54) is 16.5 Å². The maximum atomic E-state index is 13.9. The van der Waals surface area contributed by atoms with Crippen LogP contribution in [0.15, 0.2) is 60.7 Å². The van der Waals surface area contributed by atoms with Gasteiger partial charge >= 0.3 is 0 Å². The molecule has 4 rings (SSSR count). The molecule has 0 atom stereocenters. The number of halogens is 1. The Morgan fingerprint density at radius 3 is 2.68 bits per heavy atom. The number of hydrogen-bond acceptors (Lipinski definition) is 2. The van der Waals surface area contributed by atoms with Crippen molar-refractivity contribution in [2.24, 2.45) is 0 Å². The molecule has 2 aromatic carbocycles. The number of amides is 1. The number of aromatic nitrogens is 1. The highest BCUT2D eigenvalue weighted by atomic mass is 32.1. The molecule has 0 saturated heterocycles. The Morgan fingerprint density at radius 2 is 1.89 bits per heavy atom. The maximum Gasteiger partial charge on any atom is 0.268 e. The molecule has 2 heterocycles. The van der Waals surface area contributed by atoms with Gasteiger partial charge in [0.05, 0.1) is 10.2 Å². The van der Waals surface area contributed by atoms with Crippen LogP contribution in [0.3, 0.4) is 0 Å². The van der Waals surface area contributed by atoms with Crippen molar-refractivity contribution in [2.75, 3.05) is 0 Å². The summed E-state index contributed by atoms with van der Waals surface area (Å²) in [5.74, 6) is -0.508. The molecule has 3 nitrogen and oxygen atoms in total. The van der Waals surface area contributed by atoms with Gasteiger partial charge in [-0.1, -0.05) is 48.0 Å². The molecule has 0 aliphatic carbocycles. The van der Waals surface area contributed by atoms with Gasteiger partial charge in [-0.05, 0) is 37.6 Å². The van der Waals surface area contributed by atoms with Crippen LogP contribution in [0.1, 0.15) is 32.1 Å². The van der Waals surface area contributed by atoms with Gasteiger partial charge in [0.2, 0.25) is 0 Å². The van der Waals surface area contributed by atoms with Crippen LogP contribution in [-0.4, -0.2) is 10.5 Å². The Hall–Kier alpha value is -2.92. The topological polar surface area (TPSA) is 34.0 Å². The highest BCUT2D eigenvalue weighted by Crippen LogP contribution is 2.29. The first-order valence-corrected chi connectivity index (χ1v) is 10.00. The lowest BCUT2D eigenvalue weighted by Gasteiger charge is -2.12. The molecule has 0 bridgehead atoms. The summed E-state index contributed by atoms with van der Waals surface area (Å²) in [5.41, 5.74) is 4.46. The van der Waals surface area contributed by atoms with Crippen molar-refractivity contribution in [3.05, 3.63) is 93.7 Å². The molecule has 0 unspecified atom stereocenters. The molecule has 28 heavy (non-hydrogen) atoms. The number of hydrogen-bond donors (Lipinski definition) is 1. The lowest BCUT2D eigenvalue weighted by Crippen LogP contribution is -2.26. The molecule has 1 N–H and O–H groups in total. The van der Waals surface area contributed by atoms with Crippen LogP contribution in [0.2, 0.25) is 0 Å². The molecule has 0 radical (unpaired) electrons. The third-order valence-electron chi connectivity index (χ3n) is 4.77. The number of fused-ring (bicyclic) bond motifs is 1. The van der Waals surface area contributed by atoms with E-state index < -0.39 is 0 Å². The van der Waals surface area contributed by atoms with Crippen molar-refractivity contribution >= 4 is 27.5 Å². The van der Waals surface area contributed by atoms with Gasteiger partial charge in [0.25, 0.3) is 5.91 Å². The lowest BCUT2D eigenvalue weighted by molar-refractivity contribution is 0.0942. The Balaban J connectivity index is 1.65. The smallest absolute Gasteiger partial charge is 0.268 e. The second-order valence-corrected chi connectivity index (χ2v) is 8.27. The zero-order chi connectivity index (χ0) is 19.7. The molecule has 0 aliphatic heterocycles. The highest BCUT2D eigenvalue weighted by molar-refractivity contribution is 7.19. The van der Waals surface area contributed by atoms with Crippen LogP contribution in [0.25, 0.3) is 10.2 Å². The quantitative estimate of drug-likeness (QED) is 0.482. The summed E-state index contributed by atoms with van der Waals surface area (Å²) in [4.78, 5) is 14.1. The van der Waals surface area contributed by atoms with Crippen LogP contribution in [-0.2, 0) is 13.1 Å². The number of carbonyl (C=O) groups is 1. The minimum Gasteiger partial charge on any atom is -0.347 e. The standard InChI is InChI=1S/C23H21FN2OS/c1-15-6-5-7-17(10-15)14-26-20-11-16(2)28-22(20)12-21(26)23(27)25-13-18-8-3-4-9-19(18)24/h3-12H,13-14H2,1-2H3,(H,25,27). The molecule has 5 heteroatoms. The SMILES string of the molecule is Cc1cccc(Cn2c(C(=O)NCc3ccccc3F)cc3sc(C)cc32)c1. The van der Waals surface area contributed by atoms with Gasteiger partial charge in [0.15, 0.2) is 0 Å². The molecule has 2 aromatic heterocycles. The van der Waals surface area contributed by atoms with Gasteiger partial charge in [-0.25, -0.2) is 4.39 Å². The zero-order valence-corrected chi connectivity index (χ0v) is 16.6. The van der Waals surface area contributed by atoms with Crippen molar-refractivity contribution in [1.29, 1.82) is 0 Å². The number of benzene rings is 2. The van der Waals surface area contributed by atoms with E-state index in [1.807, 2.05) is 16.7 Å². The molecule has 142 valence electrons. The van der Waals surface area contributed by atoms with Crippen molar-refractivity contribution in [3.63, 3.8) is 0 Å². The molecule has 0 spiro atoms. The van der Waals surface area contributed by atoms with Crippen molar-refractivity contribution in [2.45, 2.75) is 26.9 Å². The summed E-state index contributed by atoms with van der Waals surface area (Å²) >= 11 is 1.67. The molecule has 4 aromatic rings. The Kier molecular flexibility index (Phi) is 5.01. The van der Waals surface area contributed by atoms with Crippen molar-refractivity contribution in [1.82, 2.24) is 9.88 Å². The van der Waals surface area contributed by atoms with Gasteiger partial charge in [-0.3, -0.25) is 4.79 Å². The normalized spacial score (nSPS) is 11.1. The Labute approximate surface area is 167 Å². The van der Waals surface area contributed by atoms with Gasteiger partial charge < -0.3 is 9.88 Å². The fourth-order valence-corrected chi connectivity index (χ4v) is 4.39. The first-order valence-electron chi connectivity index (χ1n) is 9.18. The van der Waals surface area contributed by atoms with Crippen molar-refractivity contribution in [3.8, 4) is 0 Å². The summed E-state index contributed by atoms with van der Waals surface area (Å²) < 4.78 is 17.0. The van der Waals surface area contributed by atoms with Crippen LogP contribution in [0.4, 0.5) is 4.39 Å². The second kappa shape index (κ2) is 7.60. The molecular formula is C23H21FN2OS. The van der Waals surface area contributed by atoms with Gasteiger partial charge in [-0.2, -0.15) is 0 Å². The molecule has 0 saturated carbocycles. The number of thiophene rings is 1. The summed E-state index contributed by atoms with van der Waals surface area (Å²) in [5, 5.41) is 2.86. The van der Waals surface area contributed by atoms with Crippen LogP contribution >= 0.6 is 11.3 Å². The average Bonchev–Trinajstić information content (AvgIpc) is 3.18. The van der Waals surface area contributed by atoms with E-state index in [9.17, 15) is 9.18 Å². The summed E-state index contributed by atoms with van der Waals surface area (Å²) in [6, 6.07) is 18.8.